The number of benzene rings is 1. The lowest BCUT2D eigenvalue weighted by atomic mass is 10.1. The van der Waals surface area contributed by atoms with Gasteiger partial charge in [-0.25, -0.2) is 0 Å². The topological polar surface area (TPSA) is 30.5 Å². The fraction of sp³-hybridized carbons (Fsp3) is 0.571. The van der Waals surface area contributed by atoms with E-state index in [9.17, 15) is 0 Å². The highest BCUT2D eigenvalue weighted by molar-refractivity contribution is 7.99. The maximum absolute atomic E-state index is 5.44. The third kappa shape index (κ3) is 3.33. The Morgan fingerprint density at radius 1 is 1.28 bits per heavy atom. The van der Waals surface area contributed by atoms with Crippen LogP contribution >= 0.6 is 11.8 Å². The van der Waals surface area contributed by atoms with E-state index in [1.54, 1.807) is 0 Å². The van der Waals surface area contributed by atoms with Gasteiger partial charge in [-0.2, -0.15) is 11.8 Å². The summed E-state index contributed by atoms with van der Waals surface area (Å²) in [5.74, 6) is 4.04. The Labute approximate surface area is 113 Å². The molecule has 0 fully saturated rings. The molecule has 1 unspecified atom stereocenters. The smallest absolute Gasteiger partial charge is 0.231 e. The summed E-state index contributed by atoms with van der Waals surface area (Å²) in [6.45, 7) is 5.68. The molecule has 3 nitrogen and oxygen atoms in total. The third-order valence-corrected chi connectivity index (χ3v) is 4.15. The standard InChI is InChI=1S/C14H21NO2S/c1-3-7-18-9-12(15-4-2)11-5-6-13-14(8-11)17-10-16-13/h5-6,8,12,15H,3-4,7,9-10H2,1-2H3. The Hall–Kier alpha value is -0.870. The minimum absolute atomic E-state index is 0.343. The van der Waals surface area contributed by atoms with Crippen molar-refractivity contribution in [3.8, 4) is 11.5 Å². The lowest BCUT2D eigenvalue weighted by Crippen LogP contribution is -2.23. The van der Waals surface area contributed by atoms with Gasteiger partial charge >= 0.3 is 0 Å². The second-order valence-corrected chi connectivity index (χ2v) is 5.45. The van der Waals surface area contributed by atoms with Crippen molar-refractivity contribution in [1.82, 2.24) is 5.32 Å². The van der Waals surface area contributed by atoms with Crippen molar-refractivity contribution < 1.29 is 9.47 Å². The molecule has 18 heavy (non-hydrogen) atoms. The highest BCUT2D eigenvalue weighted by Gasteiger charge is 2.17. The van der Waals surface area contributed by atoms with Crippen LogP contribution in [0.3, 0.4) is 0 Å². The first-order valence-electron chi connectivity index (χ1n) is 6.55. The minimum atomic E-state index is 0.343. The molecule has 2 rings (SSSR count). The molecule has 0 saturated carbocycles. The molecule has 0 spiro atoms. The van der Waals surface area contributed by atoms with Gasteiger partial charge < -0.3 is 14.8 Å². The molecular formula is C14H21NO2S. The van der Waals surface area contributed by atoms with Gasteiger partial charge in [-0.05, 0) is 36.4 Å². The van der Waals surface area contributed by atoms with Gasteiger partial charge in [0.05, 0.1) is 0 Å². The van der Waals surface area contributed by atoms with Crippen molar-refractivity contribution in [2.75, 3.05) is 24.8 Å². The molecule has 0 bridgehead atoms. The number of fused-ring (bicyclic) bond motifs is 1. The van der Waals surface area contributed by atoms with E-state index in [0.717, 1.165) is 23.8 Å². The molecule has 0 aromatic heterocycles. The van der Waals surface area contributed by atoms with Crippen LogP contribution in [0.1, 0.15) is 31.9 Å². The van der Waals surface area contributed by atoms with Crippen LogP contribution in [0.25, 0.3) is 0 Å². The van der Waals surface area contributed by atoms with E-state index in [0.29, 0.717) is 12.8 Å². The first kappa shape index (κ1) is 13.6. The van der Waals surface area contributed by atoms with E-state index in [2.05, 4.69) is 31.3 Å². The number of hydrogen-bond donors (Lipinski definition) is 1. The van der Waals surface area contributed by atoms with Crippen LogP contribution in [0.15, 0.2) is 18.2 Å². The van der Waals surface area contributed by atoms with Crippen LogP contribution < -0.4 is 14.8 Å². The fourth-order valence-corrected chi connectivity index (χ4v) is 3.00. The molecule has 100 valence electrons. The average Bonchev–Trinajstić information content (AvgIpc) is 2.85. The highest BCUT2D eigenvalue weighted by Crippen LogP contribution is 2.34. The molecule has 1 aliphatic rings. The summed E-state index contributed by atoms with van der Waals surface area (Å²) in [4.78, 5) is 0. The van der Waals surface area contributed by atoms with Crippen molar-refractivity contribution in [3.63, 3.8) is 0 Å². The normalized spacial score (nSPS) is 14.8. The van der Waals surface area contributed by atoms with E-state index >= 15 is 0 Å². The number of thioether (sulfide) groups is 1. The number of hydrogen-bond acceptors (Lipinski definition) is 4. The number of ether oxygens (including phenoxy) is 2. The lowest BCUT2D eigenvalue weighted by Gasteiger charge is -2.18. The lowest BCUT2D eigenvalue weighted by molar-refractivity contribution is 0.174. The largest absolute Gasteiger partial charge is 0.454 e. The van der Waals surface area contributed by atoms with Crippen molar-refractivity contribution >= 4 is 11.8 Å². The van der Waals surface area contributed by atoms with Crippen LogP contribution in [0, 0.1) is 0 Å². The molecular weight excluding hydrogens is 246 g/mol. The third-order valence-electron chi connectivity index (χ3n) is 2.88. The van der Waals surface area contributed by atoms with Crippen LogP contribution in [0.2, 0.25) is 0 Å². The second-order valence-electron chi connectivity index (χ2n) is 4.30. The zero-order valence-electron chi connectivity index (χ0n) is 11.1. The van der Waals surface area contributed by atoms with Crippen LogP contribution in [0.4, 0.5) is 0 Å². The van der Waals surface area contributed by atoms with E-state index in [4.69, 9.17) is 9.47 Å². The van der Waals surface area contributed by atoms with Gasteiger partial charge in [-0.15, -0.1) is 0 Å². The van der Waals surface area contributed by atoms with Crippen molar-refractivity contribution in [2.24, 2.45) is 0 Å². The maximum atomic E-state index is 5.44. The van der Waals surface area contributed by atoms with Crippen molar-refractivity contribution in [1.29, 1.82) is 0 Å². The Kier molecular flexibility index (Phi) is 5.20. The molecule has 1 aliphatic heterocycles. The van der Waals surface area contributed by atoms with Gasteiger partial charge in [0.15, 0.2) is 11.5 Å². The number of rotatable bonds is 7. The molecule has 4 heteroatoms. The molecule has 0 amide bonds. The quantitative estimate of drug-likeness (QED) is 0.768. The van der Waals surface area contributed by atoms with Crippen LogP contribution in [-0.2, 0) is 0 Å². The first-order valence-corrected chi connectivity index (χ1v) is 7.71. The fourth-order valence-electron chi connectivity index (χ4n) is 1.99. The Morgan fingerprint density at radius 2 is 2.11 bits per heavy atom. The molecule has 0 saturated heterocycles. The average molecular weight is 267 g/mol. The summed E-state index contributed by atoms with van der Waals surface area (Å²) in [5, 5.41) is 3.53. The second kappa shape index (κ2) is 6.90. The predicted octanol–water partition coefficient (Wildman–Crippen LogP) is 3.21. The van der Waals surface area contributed by atoms with Crippen molar-refractivity contribution in [3.05, 3.63) is 23.8 Å². The minimum Gasteiger partial charge on any atom is -0.454 e. The zero-order valence-corrected chi connectivity index (χ0v) is 11.9. The summed E-state index contributed by atoms with van der Waals surface area (Å²) < 4.78 is 10.8. The van der Waals surface area contributed by atoms with Gasteiger partial charge in [0, 0.05) is 11.8 Å². The summed E-state index contributed by atoms with van der Waals surface area (Å²) in [5.41, 5.74) is 1.28. The predicted molar refractivity (Wildman–Crippen MR) is 76.6 cm³/mol. The molecule has 0 radical (unpaired) electrons. The summed E-state index contributed by atoms with van der Waals surface area (Å²) in [6, 6.07) is 6.63. The summed E-state index contributed by atoms with van der Waals surface area (Å²) in [6.07, 6.45) is 1.23. The van der Waals surface area contributed by atoms with Crippen LogP contribution in [-0.4, -0.2) is 24.8 Å². The Morgan fingerprint density at radius 3 is 2.89 bits per heavy atom. The summed E-state index contributed by atoms with van der Waals surface area (Å²) in [7, 11) is 0. The SMILES string of the molecule is CCCSCC(NCC)c1ccc2c(c1)OCO2. The van der Waals surface area contributed by atoms with E-state index < -0.39 is 0 Å². The van der Waals surface area contributed by atoms with Gasteiger partial charge in [-0.1, -0.05) is 19.9 Å². The number of nitrogens with one attached hydrogen (secondary N) is 1. The van der Waals surface area contributed by atoms with Gasteiger partial charge in [0.25, 0.3) is 0 Å². The zero-order chi connectivity index (χ0) is 12.8. The Balaban J connectivity index is 2.04. The van der Waals surface area contributed by atoms with Gasteiger partial charge in [0.2, 0.25) is 6.79 Å². The maximum Gasteiger partial charge on any atom is 0.231 e. The van der Waals surface area contributed by atoms with Crippen molar-refractivity contribution in [2.45, 2.75) is 26.3 Å². The monoisotopic (exact) mass is 267 g/mol. The van der Waals surface area contributed by atoms with E-state index in [1.807, 2.05) is 17.8 Å². The summed E-state index contributed by atoms with van der Waals surface area (Å²) >= 11 is 1.99. The van der Waals surface area contributed by atoms with Gasteiger partial charge in [0.1, 0.15) is 0 Å². The van der Waals surface area contributed by atoms with E-state index in [-0.39, 0.29) is 0 Å². The molecule has 1 N–H and O–H groups in total. The molecule has 1 atom stereocenters. The highest BCUT2D eigenvalue weighted by atomic mass is 32.2. The molecule has 1 aromatic rings. The van der Waals surface area contributed by atoms with Crippen LogP contribution in [0.5, 0.6) is 11.5 Å². The Bertz CT molecular complexity index is 384. The first-order chi connectivity index (χ1) is 8.85. The molecule has 1 aromatic carbocycles. The molecule has 0 aliphatic carbocycles. The van der Waals surface area contributed by atoms with Gasteiger partial charge in [-0.3, -0.25) is 0 Å². The van der Waals surface area contributed by atoms with E-state index in [1.165, 1.54) is 17.7 Å². The molecule has 1 heterocycles.